The molecule has 1 aromatic heterocycles. The van der Waals surface area contributed by atoms with Crippen LogP contribution in [0.1, 0.15) is 33.6 Å². The molecule has 1 amide bonds. The van der Waals surface area contributed by atoms with E-state index in [4.69, 9.17) is 4.74 Å². The maximum atomic E-state index is 13.5. The molecule has 0 unspecified atom stereocenters. The van der Waals surface area contributed by atoms with Gasteiger partial charge in [0.2, 0.25) is 10.0 Å². The van der Waals surface area contributed by atoms with Gasteiger partial charge in [-0.05, 0) is 51.8 Å². The zero-order valence-corrected chi connectivity index (χ0v) is 22.2. The number of nitrogens with one attached hydrogen (secondary N) is 1. The molecule has 3 aliphatic heterocycles. The first kappa shape index (κ1) is 25.5. The largest absolute Gasteiger partial charge is 0.507 e. The Bertz CT molecular complexity index is 1270. The number of fused-ring (bicyclic) bond motifs is 3. The minimum absolute atomic E-state index is 0.0562. The Morgan fingerprint density at radius 2 is 1.84 bits per heavy atom. The number of amides is 1. The van der Waals surface area contributed by atoms with Gasteiger partial charge in [0.15, 0.2) is 5.82 Å². The number of carbonyl (C=O) groups is 1. The maximum Gasteiger partial charge on any atom is 0.410 e. The molecule has 1 aromatic carbocycles. The Labute approximate surface area is 217 Å². The molecule has 4 heterocycles. The van der Waals surface area contributed by atoms with Crippen LogP contribution >= 0.6 is 0 Å². The van der Waals surface area contributed by atoms with Crippen LogP contribution in [0.5, 0.6) is 5.75 Å². The summed E-state index contributed by atoms with van der Waals surface area (Å²) in [4.78, 5) is 16.2. The minimum atomic E-state index is -3.51. The van der Waals surface area contributed by atoms with Gasteiger partial charge in [-0.15, -0.1) is 10.2 Å². The summed E-state index contributed by atoms with van der Waals surface area (Å²) in [5.41, 5.74) is 1.43. The number of aromatic nitrogens is 2. The number of rotatable bonds is 3. The van der Waals surface area contributed by atoms with E-state index in [1.54, 1.807) is 27.4 Å². The van der Waals surface area contributed by atoms with Crippen LogP contribution < -0.4 is 10.2 Å². The van der Waals surface area contributed by atoms with Crippen molar-refractivity contribution < 1.29 is 23.1 Å². The lowest BCUT2D eigenvalue weighted by Gasteiger charge is -2.46. The number of piperazine rings is 1. The second-order valence-electron chi connectivity index (χ2n) is 10.8. The first-order valence-corrected chi connectivity index (χ1v) is 14.2. The topological polar surface area (TPSA) is 128 Å². The first-order chi connectivity index (χ1) is 17.5. The van der Waals surface area contributed by atoms with Crippen LogP contribution in [0, 0.1) is 0 Å². The number of phenols is 1. The third kappa shape index (κ3) is 5.17. The number of nitrogens with zero attached hydrogens (tertiary/aromatic N) is 5. The van der Waals surface area contributed by atoms with Gasteiger partial charge in [0.05, 0.1) is 22.7 Å². The third-order valence-corrected chi connectivity index (χ3v) is 9.45. The third-order valence-electron chi connectivity index (χ3n) is 7.09. The molecule has 0 bridgehead atoms. The number of sulfonamides is 1. The zero-order chi connectivity index (χ0) is 26.4. The Morgan fingerprint density at radius 1 is 1.11 bits per heavy atom. The second kappa shape index (κ2) is 9.64. The van der Waals surface area contributed by atoms with E-state index in [2.05, 4.69) is 20.4 Å². The van der Waals surface area contributed by atoms with Crippen molar-refractivity contribution in [1.82, 2.24) is 19.4 Å². The summed E-state index contributed by atoms with van der Waals surface area (Å²) in [6.07, 6.45) is 0.398. The number of hydrogen-bond acceptors (Lipinski definition) is 9. The molecular formula is C25H34N6O5S. The summed E-state index contributed by atoms with van der Waals surface area (Å²) in [5.74, 6) is 0.784. The summed E-state index contributed by atoms with van der Waals surface area (Å²) in [7, 11) is -3.51. The van der Waals surface area contributed by atoms with Crippen LogP contribution in [0.2, 0.25) is 0 Å². The fourth-order valence-electron chi connectivity index (χ4n) is 5.19. The van der Waals surface area contributed by atoms with Crippen molar-refractivity contribution in [1.29, 1.82) is 0 Å². The van der Waals surface area contributed by atoms with Gasteiger partial charge in [0.25, 0.3) is 0 Å². The van der Waals surface area contributed by atoms with Gasteiger partial charge < -0.3 is 25.0 Å². The summed E-state index contributed by atoms with van der Waals surface area (Å²) in [6, 6.07) is 8.83. The lowest BCUT2D eigenvalue weighted by Crippen LogP contribution is -2.60. The van der Waals surface area contributed by atoms with E-state index in [0.29, 0.717) is 69.2 Å². The smallest absolute Gasteiger partial charge is 0.410 e. The van der Waals surface area contributed by atoms with Crippen molar-refractivity contribution in [3.05, 3.63) is 30.3 Å². The fraction of sp³-hybridized carbons (Fsp3) is 0.560. The van der Waals surface area contributed by atoms with E-state index in [1.807, 2.05) is 32.9 Å². The standard InChI is InChI=1S/C25H34N6O5S/c1-25(2,3)36-24(33)29-10-8-18(9-11-29)37(34,35)30-12-13-31-17(16-30)15-26-23-21(31)14-20(27-28-23)19-6-4-5-7-22(19)32/h4-7,14,17-18,32H,8-13,15-16H2,1-3H3,(H,26,28)/t17-/m0/s1. The molecular weight excluding hydrogens is 496 g/mol. The number of para-hydroxylation sites is 1. The van der Waals surface area contributed by atoms with Crippen molar-refractivity contribution in [2.75, 3.05) is 49.5 Å². The van der Waals surface area contributed by atoms with Crippen molar-refractivity contribution >= 4 is 27.6 Å². The first-order valence-electron chi connectivity index (χ1n) is 12.7. The monoisotopic (exact) mass is 530 g/mol. The molecule has 3 aliphatic rings. The number of aromatic hydroxyl groups is 1. The normalized spacial score (nSPS) is 21.1. The van der Waals surface area contributed by atoms with Crippen LogP contribution in [0.4, 0.5) is 16.3 Å². The SMILES string of the molecule is CC(C)(C)OC(=O)N1CCC(S(=O)(=O)N2CCN3c4cc(-c5ccccc5O)nnc4NC[C@H]3C2)CC1. The highest BCUT2D eigenvalue weighted by molar-refractivity contribution is 7.89. The molecule has 2 N–H and O–H groups in total. The van der Waals surface area contributed by atoms with E-state index in [0.717, 1.165) is 5.69 Å². The Balaban J connectivity index is 1.26. The highest BCUT2D eigenvalue weighted by atomic mass is 32.2. The van der Waals surface area contributed by atoms with Gasteiger partial charge in [-0.3, -0.25) is 0 Å². The summed E-state index contributed by atoms with van der Waals surface area (Å²) >= 11 is 0. The van der Waals surface area contributed by atoms with Gasteiger partial charge in [-0.1, -0.05) is 12.1 Å². The van der Waals surface area contributed by atoms with E-state index >= 15 is 0 Å². The molecule has 0 radical (unpaired) electrons. The lowest BCUT2D eigenvalue weighted by molar-refractivity contribution is 0.0216. The van der Waals surface area contributed by atoms with E-state index in [-0.39, 0.29) is 11.8 Å². The second-order valence-corrected chi connectivity index (χ2v) is 13.0. The Hall–Kier alpha value is -3.12. The molecule has 0 spiro atoms. The number of phenolic OH excluding ortho intramolecular Hbond substituents is 1. The number of anilines is 2. The molecule has 200 valence electrons. The van der Waals surface area contributed by atoms with Gasteiger partial charge in [0, 0.05) is 44.8 Å². The number of ether oxygens (including phenoxy) is 1. The van der Waals surface area contributed by atoms with E-state index in [9.17, 15) is 18.3 Å². The van der Waals surface area contributed by atoms with Gasteiger partial charge >= 0.3 is 6.09 Å². The summed E-state index contributed by atoms with van der Waals surface area (Å²) < 4.78 is 34.1. The molecule has 5 rings (SSSR count). The summed E-state index contributed by atoms with van der Waals surface area (Å²) in [6.45, 7) is 8.02. The molecule has 2 saturated heterocycles. The molecule has 0 aliphatic carbocycles. The molecule has 12 heteroatoms. The molecule has 0 saturated carbocycles. The number of carbonyl (C=O) groups excluding carboxylic acids is 1. The zero-order valence-electron chi connectivity index (χ0n) is 21.4. The molecule has 37 heavy (non-hydrogen) atoms. The summed E-state index contributed by atoms with van der Waals surface area (Å²) in [5, 5.41) is 21.6. The quantitative estimate of drug-likeness (QED) is 0.615. The van der Waals surface area contributed by atoms with Crippen LogP contribution in [0.25, 0.3) is 11.3 Å². The van der Waals surface area contributed by atoms with Crippen LogP contribution in [0.15, 0.2) is 30.3 Å². The van der Waals surface area contributed by atoms with Crippen LogP contribution in [0.3, 0.4) is 0 Å². The van der Waals surface area contributed by atoms with Gasteiger partial charge in [-0.25, -0.2) is 13.2 Å². The molecule has 2 fully saturated rings. The highest BCUT2D eigenvalue weighted by Gasteiger charge is 2.41. The van der Waals surface area contributed by atoms with Crippen molar-refractivity contribution in [2.45, 2.75) is 50.5 Å². The number of likely N-dealkylation sites (tertiary alicyclic amines) is 1. The Morgan fingerprint density at radius 3 is 2.54 bits per heavy atom. The Kier molecular flexibility index (Phi) is 6.65. The van der Waals surface area contributed by atoms with E-state index < -0.39 is 27.0 Å². The predicted octanol–water partition coefficient (Wildman–Crippen LogP) is 2.49. The van der Waals surface area contributed by atoms with Gasteiger partial charge in [0.1, 0.15) is 11.4 Å². The fourth-order valence-corrected chi connectivity index (χ4v) is 7.13. The maximum absolute atomic E-state index is 13.5. The lowest BCUT2D eigenvalue weighted by atomic mass is 10.1. The van der Waals surface area contributed by atoms with Gasteiger partial charge in [-0.2, -0.15) is 4.31 Å². The van der Waals surface area contributed by atoms with Crippen LogP contribution in [-0.2, 0) is 14.8 Å². The average molecular weight is 531 g/mol. The molecule has 11 nitrogen and oxygen atoms in total. The molecule has 2 aromatic rings. The van der Waals surface area contributed by atoms with Crippen molar-refractivity contribution in [3.8, 4) is 17.0 Å². The average Bonchev–Trinajstić information content (AvgIpc) is 2.87. The van der Waals surface area contributed by atoms with Crippen molar-refractivity contribution in [3.63, 3.8) is 0 Å². The highest BCUT2D eigenvalue weighted by Crippen LogP contribution is 2.36. The van der Waals surface area contributed by atoms with Crippen LogP contribution in [-0.4, -0.2) is 95.2 Å². The minimum Gasteiger partial charge on any atom is -0.507 e. The predicted molar refractivity (Wildman–Crippen MR) is 140 cm³/mol. The number of piperidine rings is 1. The van der Waals surface area contributed by atoms with E-state index in [1.165, 1.54) is 0 Å². The van der Waals surface area contributed by atoms with Crippen molar-refractivity contribution in [2.24, 2.45) is 0 Å². The number of benzene rings is 1. The molecule has 1 atom stereocenters. The number of hydrogen-bond donors (Lipinski definition) is 2.